The maximum atomic E-state index is 10.8. The highest BCUT2D eigenvalue weighted by Gasteiger charge is 2.67. The van der Waals surface area contributed by atoms with Crippen LogP contribution in [0.4, 0.5) is 0 Å². The number of carboxylic acids is 1. The Morgan fingerprint density at radius 2 is 1.86 bits per heavy atom. The molecule has 14 heavy (non-hydrogen) atoms. The molecule has 0 bridgehead atoms. The molecule has 82 valence electrons. The van der Waals surface area contributed by atoms with E-state index in [1.807, 2.05) is 13.8 Å². The lowest BCUT2D eigenvalue weighted by atomic mass is 10.1. The molecule has 1 saturated carbocycles. The monoisotopic (exact) mass is 278 g/mol. The zero-order valence-electron chi connectivity index (χ0n) is 7.60. The third kappa shape index (κ3) is 2.08. The second-order valence-electron chi connectivity index (χ2n) is 4.11. The van der Waals surface area contributed by atoms with E-state index in [0.717, 1.165) is 0 Å². The molecule has 1 aliphatic carbocycles. The van der Waals surface area contributed by atoms with Crippen LogP contribution in [0, 0.1) is 17.3 Å². The molecule has 6 heteroatoms. The molecule has 1 unspecified atom stereocenters. The van der Waals surface area contributed by atoms with Gasteiger partial charge in [0.05, 0.1) is 11.3 Å². The lowest BCUT2D eigenvalue weighted by molar-refractivity contribution is -0.139. The normalized spacial score (nSPS) is 32.4. The molecule has 0 aromatic carbocycles. The molecule has 0 saturated heterocycles. The van der Waals surface area contributed by atoms with Gasteiger partial charge in [-0.3, -0.25) is 4.79 Å². The zero-order chi connectivity index (χ0) is 11.3. The van der Waals surface area contributed by atoms with Crippen molar-refractivity contribution in [2.75, 3.05) is 0 Å². The van der Waals surface area contributed by atoms with Crippen LogP contribution in [0.15, 0.2) is 0 Å². The maximum Gasteiger partial charge on any atom is 0.307 e. The van der Waals surface area contributed by atoms with Crippen molar-refractivity contribution in [2.45, 2.75) is 23.0 Å². The van der Waals surface area contributed by atoms with E-state index < -0.39 is 26.5 Å². The van der Waals surface area contributed by atoms with Crippen LogP contribution < -0.4 is 0 Å². The molecule has 1 aliphatic rings. The molecule has 1 rings (SSSR count). The van der Waals surface area contributed by atoms with Gasteiger partial charge in [0.25, 0.3) is 0 Å². The summed E-state index contributed by atoms with van der Waals surface area (Å²) in [5, 5.41) is 8.11. The van der Waals surface area contributed by atoms with Crippen LogP contribution >= 0.6 is 46.4 Å². The van der Waals surface area contributed by atoms with Gasteiger partial charge in [0, 0.05) is 0 Å². The molecule has 0 spiro atoms. The first-order valence-electron chi connectivity index (χ1n) is 4.03. The van der Waals surface area contributed by atoms with Crippen LogP contribution in [0.5, 0.6) is 0 Å². The molecule has 0 aromatic rings. The summed E-state index contributed by atoms with van der Waals surface area (Å²) in [5.74, 6) is -1.71. The van der Waals surface area contributed by atoms with Gasteiger partial charge in [0.1, 0.15) is 0 Å². The second-order valence-corrected chi connectivity index (χ2v) is 6.95. The predicted octanol–water partition coefficient (Wildman–Crippen LogP) is 3.32. The van der Waals surface area contributed by atoms with Crippen LogP contribution in [-0.4, -0.2) is 20.2 Å². The molecular weight excluding hydrogens is 270 g/mol. The lowest BCUT2D eigenvalue weighted by Gasteiger charge is -2.18. The van der Waals surface area contributed by atoms with Crippen LogP contribution in [-0.2, 0) is 4.79 Å². The molecule has 2 nitrogen and oxygen atoms in total. The van der Waals surface area contributed by atoms with Crippen molar-refractivity contribution in [3.05, 3.63) is 0 Å². The molecule has 1 N–H and O–H groups in total. The number of carboxylic acid groups (broad SMARTS) is 1. The van der Waals surface area contributed by atoms with Crippen molar-refractivity contribution in [1.82, 2.24) is 0 Å². The average molecular weight is 280 g/mol. The maximum absolute atomic E-state index is 10.8. The number of hydrogen-bond donors (Lipinski definition) is 1. The van der Waals surface area contributed by atoms with Gasteiger partial charge in [-0.2, -0.15) is 0 Å². The highest BCUT2D eigenvalue weighted by atomic mass is 35.6. The number of hydrogen-bond acceptors (Lipinski definition) is 1. The Balaban J connectivity index is 2.79. The van der Waals surface area contributed by atoms with Crippen molar-refractivity contribution in [1.29, 1.82) is 0 Å². The minimum Gasteiger partial charge on any atom is -0.481 e. The molecule has 0 radical (unpaired) electrons. The first-order valence-corrected chi connectivity index (χ1v) is 5.60. The summed E-state index contributed by atoms with van der Waals surface area (Å²) in [6, 6.07) is 0. The standard InChI is InChI=1S/C8H10Cl4O2/c1-7(2)3(4(7)6(13)14)5(9)8(10,11)12/h3-5H,1-2H3,(H,13,14)/t3-,4+,5?/m0/s1. The Bertz CT molecular complexity index is 259. The summed E-state index contributed by atoms with van der Waals surface area (Å²) < 4.78 is -1.62. The van der Waals surface area contributed by atoms with Crippen LogP contribution in [0.25, 0.3) is 0 Å². The first kappa shape index (κ1) is 12.7. The minimum atomic E-state index is -1.62. The number of halogens is 4. The van der Waals surface area contributed by atoms with Crippen LogP contribution in [0.3, 0.4) is 0 Å². The molecule has 0 amide bonds. The van der Waals surface area contributed by atoms with Gasteiger partial charge in [-0.1, -0.05) is 48.7 Å². The van der Waals surface area contributed by atoms with Crippen molar-refractivity contribution in [2.24, 2.45) is 17.3 Å². The summed E-state index contributed by atoms with van der Waals surface area (Å²) >= 11 is 22.8. The van der Waals surface area contributed by atoms with E-state index in [4.69, 9.17) is 51.5 Å². The smallest absolute Gasteiger partial charge is 0.307 e. The molecular formula is C8H10Cl4O2. The number of aliphatic carboxylic acids is 1. The zero-order valence-corrected chi connectivity index (χ0v) is 10.6. The fourth-order valence-electron chi connectivity index (χ4n) is 1.90. The quantitative estimate of drug-likeness (QED) is 0.788. The van der Waals surface area contributed by atoms with Crippen LogP contribution in [0.1, 0.15) is 13.8 Å². The first-order chi connectivity index (χ1) is 6.10. The summed E-state index contributed by atoms with van der Waals surface area (Å²) in [4.78, 5) is 10.8. The number of carbonyl (C=O) groups is 1. The Hall–Kier alpha value is 0.630. The number of alkyl halides is 4. The average Bonchev–Trinajstić information content (AvgIpc) is 2.49. The molecule has 1 fully saturated rings. The third-order valence-corrected chi connectivity index (χ3v) is 4.44. The Morgan fingerprint density at radius 3 is 2.07 bits per heavy atom. The SMILES string of the molecule is CC1(C)[C@H](C(Cl)C(Cl)(Cl)Cl)[C@@H]1C(=O)O. The summed E-state index contributed by atoms with van der Waals surface area (Å²) in [5.41, 5.74) is -0.401. The topological polar surface area (TPSA) is 37.3 Å². The van der Waals surface area contributed by atoms with E-state index in [2.05, 4.69) is 0 Å². The minimum absolute atomic E-state index is 0.297. The lowest BCUT2D eigenvalue weighted by Crippen LogP contribution is -2.24. The van der Waals surface area contributed by atoms with Gasteiger partial charge in [0.2, 0.25) is 3.79 Å². The van der Waals surface area contributed by atoms with Gasteiger partial charge in [0.15, 0.2) is 0 Å². The van der Waals surface area contributed by atoms with E-state index in [-0.39, 0.29) is 5.92 Å². The Morgan fingerprint density at radius 1 is 1.43 bits per heavy atom. The predicted molar refractivity (Wildman–Crippen MR) is 58.3 cm³/mol. The van der Waals surface area contributed by atoms with E-state index in [0.29, 0.717) is 0 Å². The van der Waals surface area contributed by atoms with E-state index in [1.54, 1.807) is 0 Å². The fraction of sp³-hybridized carbons (Fsp3) is 0.875. The fourth-order valence-corrected chi connectivity index (χ4v) is 2.78. The van der Waals surface area contributed by atoms with Gasteiger partial charge < -0.3 is 5.11 Å². The molecule has 0 heterocycles. The summed E-state index contributed by atoms with van der Waals surface area (Å²) in [7, 11) is 0. The molecule has 0 aliphatic heterocycles. The van der Waals surface area contributed by atoms with Crippen LogP contribution in [0.2, 0.25) is 0 Å². The highest BCUT2D eigenvalue weighted by molar-refractivity contribution is 6.70. The van der Waals surface area contributed by atoms with Crippen molar-refractivity contribution in [3.8, 4) is 0 Å². The van der Waals surface area contributed by atoms with Gasteiger partial charge in [-0.25, -0.2) is 0 Å². The Labute approximate surface area is 102 Å². The van der Waals surface area contributed by atoms with Gasteiger partial charge >= 0.3 is 5.97 Å². The van der Waals surface area contributed by atoms with E-state index in [9.17, 15) is 4.79 Å². The van der Waals surface area contributed by atoms with Gasteiger partial charge in [-0.05, 0) is 11.3 Å². The largest absolute Gasteiger partial charge is 0.481 e. The van der Waals surface area contributed by atoms with Crippen molar-refractivity contribution < 1.29 is 9.90 Å². The summed E-state index contributed by atoms with van der Waals surface area (Å²) in [6.45, 7) is 3.62. The van der Waals surface area contributed by atoms with E-state index >= 15 is 0 Å². The van der Waals surface area contributed by atoms with E-state index in [1.165, 1.54) is 0 Å². The van der Waals surface area contributed by atoms with Gasteiger partial charge in [-0.15, -0.1) is 11.6 Å². The van der Waals surface area contributed by atoms with Crippen molar-refractivity contribution in [3.63, 3.8) is 0 Å². The summed E-state index contributed by atoms with van der Waals surface area (Å²) in [6.07, 6.45) is 0. The third-order valence-electron chi connectivity index (χ3n) is 2.80. The molecule has 0 aromatic heterocycles. The number of rotatable bonds is 2. The second kappa shape index (κ2) is 3.58. The van der Waals surface area contributed by atoms with Crippen molar-refractivity contribution >= 4 is 52.4 Å². The highest BCUT2D eigenvalue weighted by Crippen LogP contribution is 2.64. The Kier molecular flexibility index (Phi) is 3.25. The molecule has 3 atom stereocenters.